The molecule has 17 heteroatoms. The minimum Gasteiger partial charge on any atom is -0.508 e. The lowest BCUT2D eigenvalue weighted by molar-refractivity contribution is -0.395. The summed E-state index contributed by atoms with van der Waals surface area (Å²) in [7, 11) is 0. The summed E-state index contributed by atoms with van der Waals surface area (Å²) in [6.45, 7) is 6.24. The second kappa shape index (κ2) is 25.5. The van der Waals surface area contributed by atoms with Gasteiger partial charge >= 0.3 is 11.9 Å². The lowest BCUT2D eigenvalue weighted by Crippen LogP contribution is -2.67. The Morgan fingerprint density at radius 1 is 0.859 bits per heavy atom. The van der Waals surface area contributed by atoms with Crippen LogP contribution in [0.1, 0.15) is 83.8 Å². The van der Waals surface area contributed by atoms with Gasteiger partial charge in [0.25, 0.3) is 0 Å². The Hall–Kier alpha value is -4.24. The number of benzene rings is 1. The Balaban J connectivity index is 1.50. The van der Waals surface area contributed by atoms with Gasteiger partial charge in [0.1, 0.15) is 54.7 Å². The van der Waals surface area contributed by atoms with Crippen molar-refractivity contribution in [1.82, 2.24) is 0 Å². The molecule has 0 radical (unpaired) electrons. The fraction of sp³-hybridized carbons (Fsp3) is 0.574. The van der Waals surface area contributed by atoms with Crippen LogP contribution < -0.4 is 0 Å². The molecule has 2 saturated heterocycles. The van der Waals surface area contributed by atoms with Crippen LogP contribution >= 0.6 is 0 Å². The third kappa shape index (κ3) is 14.1. The second-order valence-corrected chi connectivity index (χ2v) is 16.3. The zero-order chi connectivity index (χ0) is 47.0. The number of carbonyl (C=O) groups is 2. The average Bonchev–Trinajstić information content (AvgIpc) is 3.64. The molecule has 1 aromatic carbocycles. The molecule has 3 heterocycles. The highest BCUT2D eigenvalue weighted by molar-refractivity contribution is 5.82. The maximum absolute atomic E-state index is 13.4. The van der Waals surface area contributed by atoms with Crippen LogP contribution in [0.4, 0.5) is 0 Å². The van der Waals surface area contributed by atoms with Gasteiger partial charge in [0.2, 0.25) is 5.79 Å². The average molecular weight is 903 g/mol. The van der Waals surface area contributed by atoms with Crippen molar-refractivity contribution >= 4 is 11.9 Å². The van der Waals surface area contributed by atoms with Gasteiger partial charge in [0, 0.05) is 18.2 Å². The van der Waals surface area contributed by atoms with E-state index in [1.807, 2.05) is 26.0 Å². The number of aliphatic hydroxyl groups excluding tert-OH is 7. The molecule has 4 rings (SSSR count). The molecule has 3 aliphatic heterocycles. The fourth-order valence-electron chi connectivity index (χ4n) is 7.30. The largest absolute Gasteiger partial charge is 0.508 e. The van der Waals surface area contributed by atoms with E-state index in [1.54, 1.807) is 18.2 Å². The number of aliphatic hydroxyl groups is 7. The highest BCUT2D eigenvalue weighted by atomic mass is 16.8. The predicted octanol–water partition coefficient (Wildman–Crippen LogP) is 3.04. The summed E-state index contributed by atoms with van der Waals surface area (Å²) in [5, 5.41) is 96.4. The van der Waals surface area contributed by atoms with E-state index in [0.717, 1.165) is 43.1 Å². The summed E-state index contributed by atoms with van der Waals surface area (Å²) in [4.78, 5) is 25.8. The van der Waals surface area contributed by atoms with Crippen molar-refractivity contribution in [2.24, 2.45) is 5.92 Å². The van der Waals surface area contributed by atoms with Crippen molar-refractivity contribution < 1.29 is 84.0 Å². The molecule has 1 aromatic rings. The minimum absolute atomic E-state index is 0.118. The molecule has 0 saturated carbocycles. The number of fused-ring (bicyclic) bond motifs is 2. The Kier molecular flexibility index (Phi) is 20.8. The van der Waals surface area contributed by atoms with Gasteiger partial charge in [-0.25, -0.2) is 9.59 Å². The molecule has 13 atom stereocenters. The van der Waals surface area contributed by atoms with Gasteiger partial charge in [0.05, 0.1) is 31.0 Å². The molecule has 64 heavy (non-hydrogen) atoms. The summed E-state index contributed by atoms with van der Waals surface area (Å²) >= 11 is 0. The molecule has 2 fully saturated rings. The van der Waals surface area contributed by atoms with E-state index in [2.05, 4.69) is 19.9 Å². The number of phenols is 2. The zero-order valence-electron chi connectivity index (χ0n) is 36.8. The van der Waals surface area contributed by atoms with Crippen molar-refractivity contribution in [2.75, 3.05) is 13.2 Å². The zero-order valence-corrected chi connectivity index (χ0v) is 36.8. The van der Waals surface area contributed by atoms with E-state index < -0.39 is 104 Å². The molecule has 9 N–H and O–H groups in total. The molecule has 3 aliphatic rings. The quantitative estimate of drug-likeness (QED) is 0.0460. The molecule has 1 spiro atoms. The third-order valence-corrected chi connectivity index (χ3v) is 11.5. The highest BCUT2D eigenvalue weighted by Gasteiger charge is 2.63. The Morgan fingerprint density at radius 3 is 2.25 bits per heavy atom. The molecule has 13 unspecified atom stereocenters. The summed E-state index contributed by atoms with van der Waals surface area (Å²) in [5.41, 5.74) is 0.842. The number of rotatable bonds is 22. The van der Waals surface area contributed by atoms with E-state index in [0.29, 0.717) is 25.2 Å². The van der Waals surface area contributed by atoms with Crippen molar-refractivity contribution in [1.29, 1.82) is 0 Å². The maximum atomic E-state index is 13.4. The first-order chi connectivity index (χ1) is 30.6. The maximum Gasteiger partial charge on any atom is 0.331 e. The predicted molar refractivity (Wildman–Crippen MR) is 231 cm³/mol. The fourth-order valence-corrected chi connectivity index (χ4v) is 7.30. The monoisotopic (exact) mass is 902 g/mol. The molecule has 356 valence electrons. The highest BCUT2D eigenvalue weighted by Crippen LogP contribution is 2.51. The number of phenolic OH excluding ortho intramolecular Hbond substituents is 2. The smallest absolute Gasteiger partial charge is 0.331 e. The van der Waals surface area contributed by atoms with Crippen LogP contribution in [0.5, 0.6) is 11.5 Å². The number of esters is 2. The molecule has 17 nitrogen and oxygen atoms in total. The number of allylic oxidation sites excluding steroid dienone is 8. The summed E-state index contributed by atoms with van der Waals surface area (Å²) in [6.07, 6.45) is 5.02. The first-order valence-corrected chi connectivity index (χ1v) is 21.8. The molecule has 0 aliphatic carbocycles. The SMILES string of the molecule is CCC(C)CC/C=C/C=C(\C)C(O)C/C=C/C=C/C(=O)OC1C(OC2OC(COC(=O)/C=C/C=C/CCC(O)CC)C(O)C(O)C2O)C(CO)OC2(OCc3cc(O)cc(O)c32)C1O. The van der Waals surface area contributed by atoms with Crippen LogP contribution in [-0.2, 0) is 50.4 Å². The first-order valence-electron chi connectivity index (χ1n) is 21.8. The van der Waals surface area contributed by atoms with Crippen LogP contribution in [0.25, 0.3) is 0 Å². The van der Waals surface area contributed by atoms with Crippen LogP contribution in [0.3, 0.4) is 0 Å². The van der Waals surface area contributed by atoms with Gasteiger partial charge in [-0.1, -0.05) is 81.9 Å². The summed E-state index contributed by atoms with van der Waals surface area (Å²) < 4.78 is 34.7. The summed E-state index contributed by atoms with van der Waals surface area (Å²) in [6, 6.07) is 2.25. The van der Waals surface area contributed by atoms with E-state index in [9.17, 15) is 55.5 Å². The lowest BCUT2D eigenvalue weighted by Gasteiger charge is -2.50. The first kappa shape index (κ1) is 52.4. The minimum atomic E-state index is -2.28. The van der Waals surface area contributed by atoms with Crippen molar-refractivity contribution in [2.45, 2.75) is 152 Å². The summed E-state index contributed by atoms with van der Waals surface area (Å²) in [5.74, 6) is -4.36. The van der Waals surface area contributed by atoms with Crippen LogP contribution in [-0.4, -0.2) is 138 Å². The van der Waals surface area contributed by atoms with Crippen LogP contribution in [0.15, 0.2) is 84.5 Å². The number of ether oxygens (including phenoxy) is 6. The van der Waals surface area contributed by atoms with Crippen LogP contribution in [0, 0.1) is 5.92 Å². The molecular formula is C47H66O17. The van der Waals surface area contributed by atoms with Gasteiger partial charge < -0.3 is 74.4 Å². The van der Waals surface area contributed by atoms with Crippen molar-refractivity contribution in [3.05, 3.63) is 95.7 Å². The normalized spacial score (nSPS) is 30.2. The number of carbonyl (C=O) groups excluding carboxylic acids is 2. The van der Waals surface area contributed by atoms with Gasteiger partial charge in [-0.05, 0) is 68.6 Å². The third-order valence-electron chi connectivity index (χ3n) is 11.5. The van der Waals surface area contributed by atoms with Crippen molar-refractivity contribution in [3.8, 4) is 11.5 Å². The van der Waals surface area contributed by atoms with E-state index in [-0.39, 0.29) is 29.9 Å². The van der Waals surface area contributed by atoms with Gasteiger partial charge in [-0.2, -0.15) is 0 Å². The Labute approximate surface area is 373 Å². The Morgan fingerprint density at radius 2 is 1.55 bits per heavy atom. The molecule has 0 amide bonds. The van der Waals surface area contributed by atoms with Gasteiger partial charge in [-0.3, -0.25) is 0 Å². The number of aromatic hydroxyl groups is 2. The van der Waals surface area contributed by atoms with Crippen molar-refractivity contribution in [3.63, 3.8) is 0 Å². The van der Waals surface area contributed by atoms with E-state index in [4.69, 9.17) is 28.4 Å². The number of hydrogen-bond donors (Lipinski definition) is 9. The lowest BCUT2D eigenvalue weighted by atomic mass is 9.86. The standard InChI is InChI=1S/C47H66O17/c1-5-28(3)17-11-9-12-18-29(4)33(51)20-14-10-16-22-38(54)62-44-43(35(25-48)64-47(45(44)58)39-30(26-60-47)23-32(50)24-34(39)52)63-46-42(57)41(56)40(55)36(61-46)27-59-37(53)21-15-8-7-13-19-31(49)6-2/h7-10,12,14-16,18,21-24,28,31,33,35-36,40-46,48-52,55-58H,5-6,11,13,17,19-20,25-27H2,1-4H3/b8-7+,12-9+,14-10+,21-15+,22-16+,29-18+. The van der Waals surface area contributed by atoms with E-state index in [1.165, 1.54) is 24.3 Å². The van der Waals surface area contributed by atoms with Crippen LogP contribution in [0.2, 0.25) is 0 Å². The van der Waals surface area contributed by atoms with Gasteiger partial charge in [0.15, 0.2) is 18.5 Å². The van der Waals surface area contributed by atoms with Gasteiger partial charge in [-0.15, -0.1) is 0 Å². The second-order valence-electron chi connectivity index (χ2n) is 16.3. The molecular weight excluding hydrogens is 837 g/mol. The van der Waals surface area contributed by atoms with E-state index >= 15 is 0 Å². The Bertz CT molecular complexity index is 1840. The molecule has 0 aromatic heterocycles. The molecule has 0 bridgehead atoms. The topological polar surface area (TPSA) is 272 Å². The number of hydrogen-bond acceptors (Lipinski definition) is 17.